The van der Waals surface area contributed by atoms with Crippen LogP contribution in [0.4, 0.5) is 0 Å². The number of hydrogen-bond donors (Lipinski definition) is 4. The lowest BCUT2D eigenvalue weighted by molar-refractivity contribution is -0.236. The second kappa shape index (κ2) is 13.5. The number of rotatable bonds is 17. The molecule has 0 heterocycles. The van der Waals surface area contributed by atoms with Crippen LogP contribution in [0, 0.1) is 46.8 Å². The third-order valence-corrected chi connectivity index (χ3v) is 9.01. The van der Waals surface area contributed by atoms with Crippen LogP contribution < -0.4 is 0 Å². The van der Waals surface area contributed by atoms with E-state index >= 15 is 0 Å². The van der Waals surface area contributed by atoms with Crippen molar-refractivity contribution in [3.63, 3.8) is 0 Å². The van der Waals surface area contributed by atoms with E-state index in [4.69, 9.17) is 0 Å². The van der Waals surface area contributed by atoms with E-state index < -0.39 is 52.6 Å². The molecule has 0 saturated heterocycles. The second-order valence-corrected chi connectivity index (χ2v) is 10.3. The zero-order valence-corrected chi connectivity index (χ0v) is 22.8. The van der Waals surface area contributed by atoms with Gasteiger partial charge >= 0.3 is 17.9 Å². The molecule has 0 aliphatic heterocycles. The Kier molecular flexibility index (Phi) is 12.8. The van der Waals surface area contributed by atoms with Crippen molar-refractivity contribution in [3.05, 3.63) is 0 Å². The van der Waals surface area contributed by atoms with Crippen LogP contribution in [0.15, 0.2) is 0 Å². The molecule has 4 N–H and O–H groups in total. The first-order valence-electron chi connectivity index (χ1n) is 13.2. The molecule has 200 valence electrons. The van der Waals surface area contributed by atoms with E-state index in [-0.39, 0.29) is 17.8 Å². The molecule has 0 spiro atoms. The molecule has 0 aromatic rings. The van der Waals surface area contributed by atoms with Crippen molar-refractivity contribution in [1.29, 1.82) is 0 Å². The third-order valence-electron chi connectivity index (χ3n) is 9.01. The van der Waals surface area contributed by atoms with Crippen LogP contribution in [0.1, 0.15) is 101 Å². The quantitative estimate of drug-likeness (QED) is 0.204. The summed E-state index contributed by atoms with van der Waals surface area (Å²) in [6, 6.07) is 0. The lowest BCUT2D eigenvalue weighted by Gasteiger charge is -2.56. The van der Waals surface area contributed by atoms with E-state index in [1.807, 2.05) is 55.4 Å². The number of carboxylic acids is 3. The van der Waals surface area contributed by atoms with Gasteiger partial charge in [0.15, 0.2) is 5.60 Å². The number of carbonyl (C=O) groups is 3. The molecule has 0 radical (unpaired) electrons. The molecule has 0 aromatic carbocycles. The largest absolute Gasteiger partial charge is 0.481 e. The maximum atomic E-state index is 13.5. The minimum Gasteiger partial charge on any atom is -0.481 e. The van der Waals surface area contributed by atoms with Gasteiger partial charge in [0.05, 0.1) is 0 Å². The summed E-state index contributed by atoms with van der Waals surface area (Å²) in [4.78, 5) is 39.4. The van der Waals surface area contributed by atoms with Gasteiger partial charge in [0.2, 0.25) is 0 Å². The number of carboxylic acid groups (broad SMARTS) is 3. The minimum atomic E-state index is -3.00. The van der Waals surface area contributed by atoms with Crippen LogP contribution in [-0.4, -0.2) is 43.9 Å². The van der Waals surface area contributed by atoms with E-state index in [1.54, 1.807) is 6.92 Å². The average molecular weight is 487 g/mol. The van der Waals surface area contributed by atoms with Crippen molar-refractivity contribution < 1.29 is 34.8 Å². The molecule has 8 atom stereocenters. The first kappa shape index (κ1) is 32.4. The Labute approximate surface area is 206 Å². The predicted octanol–water partition coefficient (Wildman–Crippen LogP) is 5.79. The van der Waals surface area contributed by atoms with E-state index in [1.165, 1.54) is 0 Å². The Morgan fingerprint density at radius 3 is 1.21 bits per heavy atom. The highest BCUT2D eigenvalue weighted by molar-refractivity contribution is 5.94. The molecular formula is C27H50O7. The van der Waals surface area contributed by atoms with Gasteiger partial charge < -0.3 is 20.4 Å². The minimum absolute atomic E-state index is 0.212. The van der Waals surface area contributed by atoms with Crippen LogP contribution in [-0.2, 0) is 14.4 Å². The Morgan fingerprint density at radius 1 is 0.618 bits per heavy atom. The molecule has 0 rings (SSSR count). The van der Waals surface area contributed by atoms with Crippen molar-refractivity contribution in [2.45, 2.75) is 106 Å². The molecule has 7 heteroatoms. The highest BCUT2D eigenvalue weighted by atomic mass is 16.4. The van der Waals surface area contributed by atoms with Crippen LogP contribution >= 0.6 is 0 Å². The Morgan fingerprint density at radius 2 is 1.00 bits per heavy atom. The number of aliphatic hydroxyl groups is 1. The van der Waals surface area contributed by atoms with Crippen molar-refractivity contribution in [2.24, 2.45) is 46.8 Å². The van der Waals surface area contributed by atoms with Crippen molar-refractivity contribution >= 4 is 17.9 Å². The summed E-state index contributed by atoms with van der Waals surface area (Å²) in [7, 11) is 0. The summed E-state index contributed by atoms with van der Waals surface area (Å²) in [5, 5.41) is 44.4. The van der Waals surface area contributed by atoms with Gasteiger partial charge in [-0.05, 0) is 35.5 Å². The Bertz CT molecular complexity index is 658. The summed E-state index contributed by atoms with van der Waals surface area (Å²) in [6.07, 6.45) is 2.70. The molecule has 8 unspecified atom stereocenters. The van der Waals surface area contributed by atoms with Gasteiger partial charge in [0.1, 0.15) is 11.3 Å². The van der Waals surface area contributed by atoms with Gasteiger partial charge in [-0.15, -0.1) is 0 Å². The first-order valence-corrected chi connectivity index (χ1v) is 13.2. The van der Waals surface area contributed by atoms with Gasteiger partial charge in [0, 0.05) is 0 Å². The van der Waals surface area contributed by atoms with Gasteiger partial charge in [0.25, 0.3) is 0 Å². The maximum Gasteiger partial charge on any atom is 0.337 e. The van der Waals surface area contributed by atoms with E-state index in [0.29, 0.717) is 38.5 Å². The highest BCUT2D eigenvalue weighted by Gasteiger charge is 2.73. The Balaban J connectivity index is 7.98. The average Bonchev–Trinajstić information content (AvgIpc) is 2.79. The summed E-state index contributed by atoms with van der Waals surface area (Å²) in [5.41, 5.74) is -5.18. The fraction of sp³-hybridized carbons (Fsp3) is 0.889. The fourth-order valence-electron chi connectivity index (χ4n) is 6.74. The van der Waals surface area contributed by atoms with E-state index in [0.717, 1.165) is 0 Å². The molecule has 0 bridgehead atoms. The van der Waals surface area contributed by atoms with Crippen LogP contribution in [0.5, 0.6) is 0 Å². The van der Waals surface area contributed by atoms with Gasteiger partial charge in [-0.2, -0.15) is 0 Å². The van der Waals surface area contributed by atoms with Crippen molar-refractivity contribution in [3.8, 4) is 0 Å². The van der Waals surface area contributed by atoms with Crippen LogP contribution in [0.2, 0.25) is 0 Å². The maximum absolute atomic E-state index is 13.5. The molecule has 0 saturated carbocycles. The van der Waals surface area contributed by atoms with Crippen LogP contribution in [0.25, 0.3) is 0 Å². The fourth-order valence-corrected chi connectivity index (χ4v) is 6.74. The lowest BCUT2D eigenvalue weighted by Crippen LogP contribution is -2.72. The lowest BCUT2D eigenvalue weighted by atomic mass is 9.46. The van der Waals surface area contributed by atoms with Crippen molar-refractivity contribution in [1.82, 2.24) is 0 Å². The number of aliphatic carboxylic acids is 3. The summed E-state index contributed by atoms with van der Waals surface area (Å²) < 4.78 is 0. The molecule has 34 heavy (non-hydrogen) atoms. The van der Waals surface area contributed by atoms with E-state index in [9.17, 15) is 34.8 Å². The standard InChI is InChI=1S/C27H50O7/c1-10-16(7)19(13-4)22(23(28)29)27(34,25(32)33)26(24(30)31,20(14-5)17(8)11-2)21(15-6)18(9)12-3/h16-22,34H,10-15H2,1-9H3,(H,28,29)(H,30,31)(H,32,33). The molecule has 0 fully saturated rings. The summed E-state index contributed by atoms with van der Waals surface area (Å²) in [6.45, 7) is 16.7. The SMILES string of the molecule is CCC(C)C(CC)C(C(=O)O)C(O)(C(=O)O)C(C(=O)O)(C(CC)C(C)CC)C(CC)C(C)CC. The number of hydrogen-bond acceptors (Lipinski definition) is 4. The van der Waals surface area contributed by atoms with Gasteiger partial charge in [-0.1, -0.05) is 101 Å². The predicted molar refractivity (Wildman–Crippen MR) is 133 cm³/mol. The van der Waals surface area contributed by atoms with Crippen LogP contribution in [0.3, 0.4) is 0 Å². The highest BCUT2D eigenvalue weighted by Crippen LogP contribution is 2.58. The zero-order chi connectivity index (χ0) is 27.0. The van der Waals surface area contributed by atoms with E-state index in [2.05, 4.69) is 0 Å². The molecule has 0 aromatic heterocycles. The third kappa shape index (κ3) is 5.44. The molecular weight excluding hydrogens is 436 g/mol. The smallest absolute Gasteiger partial charge is 0.337 e. The Hall–Kier alpha value is -1.63. The molecule has 7 nitrogen and oxygen atoms in total. The normalized spacial score (nSPS) is 21.7. The molecule has 0 aliphatic rings. The summed E-state index contributed by atoms with van der Waals surface area (Å²) >= 11 is 0. The molecule has 0 amide bonds. The van der Waals surface area contributed by atoms with Crippen molar-refractivity contribution in [2.75, 3.05) is 0 Å². The van der Waals surface area contributed by atoms with Gasteiger partial charge in [-0.25, -0.2) is 4.79 Å². The first-order chi connectivity index (χ1) is 15.7. The zero-order valence-electron chi connectivity index (χ0n) is 22.8. The topological polar surface area (TPSA) is 132 Å². The monoisotopic (exact) mass is 486 g/mol. The summed E-state index contributed by atoms with van der Waals surface area (Å²) in [5.74, 6) is -9.24. The van der Waals surface area contributed by atoms with Gasteiger partial charge in [-0.3, -0.25) is 9.59 Å². The second-order valence-electron chi connectivity index (χ2n) is 10.3. The molecule has 0 aliphatic carbocycles.